The lowest BCUT2D eigenvalue weighted by Gasteiger charge is -2.09. The number of hydrazone groups is 1. The van der Waals surface area contributed by atoms with Crippen LogP contribution in [0.4, 0.5) is 0 Å². The van der Waals surface area contributed by atoms with Crippen molar-refractivity contribution in [1.29, 1.82) is 0 Å². The van der Waals surface area contributed by atoms with E-state index in [0.717, 1.165) is 22.6 Å². The van der Waals surface area contributed by atoms with Crippen molar-refractivity contribution in [3.63, 3.8) is 0 Å². The van der Waals surface area contributed by atoms with E-state index in [1.807, 2.05) is 44.2 Å². The molecule has 0 radical (unpaired) electrons. The Morgan fingerprint density at radius 3 is 2.46 bits per heavy atom. The highest BCUT2D eigenvalue weighted by Crippen LogP contribution is 2.21. The Kier molecular flexibility index (Phi) is 5.00. The standard InChI is InChI=1S/C20H20ClN3O2/c1-12-9-16(14(3)24(12)18-7-5-17(21)6-8-18)11-22-23-20(25)19-10-13(2)26-15(19)4/h5-11H,1-4H3,(H,23,25)/b22-11+. The van der Waals surface area contributed by atoms with E-state index in [1.54, 1.807) is 26.1 Å². The van der Waals surface area contributed by atoms with Gasteiger partial charge in [-0.25, -0.2) is 5.43 Å². The molecule has 2 heterocycles. The van der Waals surface area contributed by atoms with Gasteiger partial charge in [0.1, 0.15) is 11.5 Å². The smallest absolute Gasteiger partial charge is 0.274 e. The summed E-state index contributed by atoms with van der Waals surface area (Å²) >= 11 is 5.97. The zero-order valence-corrected chi connectivity index (χ0v) is 15.9. The second kappa shape index (κ2) is 7.22. The lowest BCUT2D eigenvalue weighted by Crippen LogP contribution is -2.17. The zero-order chi connectivity index (χ0) is 18.8. The molecule has 0 aliphatic carbocycles. The summed E-state index contributed by atoms with van der Waals surface area (Å²) in [6, 6.07) is 11.4. The van der Waals surface area contributed by atoms with Crippen molar-refractivity contribution in [1.82, 2.24) is 9.99 Å². The van der Waals surface area contributed by atoms with Crippen LogP contribution in [0.2, 0.25) is 5.02 Å². The Bertz CT molecular complexity index is 981. The van der Waals surface area contributed by atoms with Crippen molar-refractivity contribution >= 4 is 23.7 Å². The SMILES string of the molecule is Cc1cc(C(=O)N/N=C/c2cc(C)n(-c3ccc(Cl)cc3)c2C)c(C)o1. The summed E-state index contributed by atoms with van der Waals surface area (Å²) in [6.07, 6.45) is 1.65. The van der Waals surface area contributed by atoms with Gasteiger partial charge in [0.15, 0.2) is 0 Å². The van der Waals surface area contributed by atoms with Gasteiger partial charge in [-0.2, -0.15) is 5.10 Å². The van der Waals surface area contributed by atoms with Crippen molar-refractivity contribution in [3.05, 3.63) is 75.5 Å². The summed E-state index contributed by atoms with van der Waals surface area (Å²) in [5.41, 5.74) is 7.09. The molecule has 0 fully saturated rings. The molecule has 1 amide bonds. The number of rotatable bonds is 4. The lowest BCUT2D eigenvalue weighted by molar-refractivity contribution is 0.0953. The molecule has 2 aromatic heterocycles. The maximum absolute atomic E-state index is 12.2. The highest BCUT2D eigenvalue weighted by atomic mass is 35.5. The molecule has 0 saturated carbocycles. The summed E-state index contributed by atoms with van der Waals surface area (Å²) in [5, 5.41) is 4.79. The van der Waals surface area contributed by atoms with Gasteiger partial charge in [-0.3, -0.25) is 4.79 Å². The minimum atomic E-state index is -0.290. The van der Waals surface area contributed by atoms with Crippen molar-refractivity contribution in [2.24, 2.45) is 5.10 Å². The Balaban J connectivity index is 1.79. The fraction of sp³-hybridized carbons (Fsp3) is 0.200. The number of carbonyl (C=O) groups is 1. The molecule has 1 aromatic carbocycles. The lowest BCUT2D eigenvalue weighted by atomic mass is 10.2. The molecular formula is C20H20ClN3O2. The number of amides is 1. The van der Waals surface area contributed by atoms with E-state index in [9.17, 15) is 4.79 Å². The van der Waals surface area contributed by atoms with Crippen molar-refractivity contribution in [2.75, 3.05) is 0 Å². The van der Waals surface area contributed by atoms with Gasteiger partial charge in [0, 0.05) is 27.7 Å². The number of nitrogens with one attached hydrogen (secondary N) is 1. The van der Waals surface area contributed by atoms with Gasteiger partial charge in [0.05, 0.1) is 11.8 Å². The maximum atomic E-state index is 12.2. The van der Waals surface area contributed by atoms with Gasteiger partial charge in [0.25, 0.3) is 5.91 Å². The first kappa shape index (κ1) is 18.0. The van der Waals surface area contributed by atoms with Gasteiger partial charge >= 0.3 is 0 Å². The van der Waals surface area contributed by atoms with E-state index in [2.05, 4.69) is 15.1 Å². The van der Waals surface area contributed by atoms with Crippen molar-refractivity contribution < 1.29 is 9.21 Å². The van der Waals surface area contributed by atoms with Gasteiger partial charge in [-0.1, -0.05) is 11.6 Å². The first-order valence-corrected chi connectivity index (χ1v) is 8.60. The molecule has 1 N–H and O–H groups in total. The van der Waals surface area contributed by atoms with E-state index in [-0.39, 0.29) is 5.91 Å². The predicted molar refractivity (Wildman–Crippen MR) is 103 cm³/mol. The molecule has 0 saturated heterocycles. The monoisotopic (exact) mass is 369 g/mol. The number of hydrogen-bond acceptors (Lipinski definition) is 3. The number of aryl methyl sites for hydroxylation is 3. The highest BCUT2D eigenvalue weighted by molar-refractivity contribution is 6.30. The largest absolute Gasteiger partial charge is 0.466 e. The number of benzene rings is 1. The maximum Gasteiger partial charge on any atom is 0.274 e. The Morgan fingerprint density at radius 2 is 1.85 bits per heavy atom. The van der Waals surface area contributed by atoms with E-state index < -0.39 is 0 Å². The molecule has 134 valence electrons. The van der Waals surface area contributed by atoms with Crippen LogP contribution in [-0.4, -0.2) is 16.7 Å². The average Bonchev–Trinajstić information content (AvgIpc) is 3.07. The number of halogens is 1. The Labute approximate surface area is 157 Å². The Morgan fingerprint density at radius 1 is 1.15 bits per heavy atom. The number of carbonyl (C=O) groups excluding carboxylic acids is 1. The van der Waals surface area contributed by atoms with Crippen LogP contribution in [0.3, 0.4) is 0 Å². The summed E-state index contributed by atoms with van der Waals surface area (Å²) in [6.45, 7) is 7.59. The van der Waals surface area contributed by atoms with Crippen LogP contribution in [0.25, 0.3) is 5.69 Å². The molecule has 0 bridgehead atoms. The normalized spacial score (nSPS) is 11.3. The molecule has 0 atom stereocenters. The minimum absolute atomic E-state index is 0.290. The number of nitrogens with zero attached hydrogens (tertiary/aromatic N) is 2. The van der Waals surface area contributed by atoms with Gasteiger partial charge < -0.3 is 8.98 Å². The third kappa shape index (κ3) is 3.58. The molecule has 0 aliphatic rings. The topological polar surface area (TPSA) is 59.5 Å². The first-order valence-electron chi connectivity index (χ1n) is 8.22. The molecule has 26 heavy (non-hydrogen) atoms. The second-order valence-corrected chi connectivity index (χ2v) is 6.60. The quantitative estimate of drug-likeness (QED) is 0.534. The molecule has 0 unspecified atom stereocenters. The van der Waals surface area contributed by atoms with Gasteiger partial charge in [0.2, 0.25) is 0 Å². The molecular weight excluding hydrogens is 350 g/mol. The predicted octanol–water partition coefficient (Wildman–Crippen LogP) is 4.72. The summed E-state index contributed by atoms with van der Waals surface area (Å²) in [4.78, 5) is 12.2. The Hall–Kier alpha value is -2.79. The van der Waals surface area contributed by atoms with Gasteiger partial charge in [-0.15, -0.1) is 0 Å². The van der Waals surface area contributed by atoms with Crippen LogP contribution in [0.15, 0.2) is 45.9 Å². The molecule has 3 aromatic rings. The van der Waals surface area contributed by atoms with Crippen molar-refractivity contribution in [3.8, 4) is 5.69 Å². The molecule has 6 heteroatoms. The van der Waals surface area contributed by atoms with E-state index >= 15 is 0 Å². The number of furan rings is 1. The van der Waals surface area contributed by atoms with Crippen LogP contribution in [0.1, 0.15) is 38.8 Å². The third-order valence-electron chi connectivity index (χ3n) is 4.21. The van der Waals surface area contributed by atoms with E-state index in [1.165, 1.54) is 0 Å². The summed E-state index contributed by atoms with van der Waals surface area (Å²) < 4.78 is 7.48. The average molecular weight is 370 g/mol. The fourth-order valence-electron chi connectivity index (χ4n) is 2.98. The van der Waals surface area contributed by atoms with Gasteiger partial charge in [-0.05, 0) is 64.1 Å². The minimum Gasteiger partial charge on any atom is -0.466 e. The van der Waals surface area contributed by atoms with Crippen LogP contribution in [0.5, 0.6) is 0 Å². The fourth-order valence-corrected chi connectivity index (χ4v) is 3.11. The second-order valence-electron chi connectivity index (χ2n) is 6.16. The number of hydrogen-bond donors (Lipinski definition) is 1. The van der Waals surface area contributed by atoms with E-state index in [4.69, 9.17) is 16.0 Å². The molecule has 5 nitrogen and oxygen atoms in total. The highest BCUT2D eigenvalue weighted by Gasteiger charge is 2.13. The third-order valence-corrected chi connectivity index (χ3v) is 4.46. The molecule has 0 spiro atoms. The van der Waals surface area contributed by atoms with Crippen molar-refractivity contribution in [2.45, 2.75) is 27.7 Å². The zero-order valence-electron chi connectivity index (χ0n) is 15.1. The first-order chi connectivity index (χ1) is 12.4. The summed E-state index contributed by atoms with van der Waals surface area (Å²) in [5.74, 6) is 0.987. The molecule has 3 rings (SSSR count). The van der Waals surface area contributed by atoms with E-state index in [0.29, 0.717) is 22.1 Å². The van der Waals surface area contributed by atoms with Crippen LogP contribution in [0, 0.1) is 27.7 Å². The molecule has 0 aliphatic heterocycles. The van der Waals surface area contributed by atoms with Crippen LogP contribution >= 0.6 is 11.6 Å². The summed E-state index contributed by atoms with van der Waals surface area (Å²) in [7, 11) is 0. The van der Waals surface area contributed by atoms with Crippen LogP contribution < -0.4 is 5.43 Å². The van der Waals surface area contributed by atoms with Crippen LogP contribution in [-0.2, 0) is 0 Å². The number of aromatic nitrogens is 1.